The van der Waals surface area contributed by atoms with Crippen molar-refractivity contribution >= 4 is 17.7 Å². The van der Waals surface area contributed by atoms with Crippen molar-refractivity contribution in [1.82, 2.24) is 9.80 Å². The van der Waals surface area contributed by atoms with E-state index in [0.717, 1.165) is 36.6 Å². The normalized spacial score (nSPS) is 18.1. The number of ether oxygens (including phenoxy) is 2. The van der Waals surface area contributed by atoms with Crippen LogP contribution in [0, 0.1) is 0 Å². The monoisotopic (exact) mass is 324 g/mol. The maximum absolute atomic E-state index is 12.2. The van der Waals surface area contributed by atoms with Crippen LogP contribution in [0.15, 0.2) is 18.2 Å². The third-order valence-corrected chi connectivity index (χ3v) is 4.92. The lowest BCUT2D eigenvalue weighted by atomic mass is 10.1. The quantitative estimate of drug-likeness (QED) is 0.769. The van der Waals surface area contributed by atoms with Gasteiger partial charge in [0, 0.05) is 18.2 Å². The van der Waals surface area contributed by atoms with Crippen LogP contribution < -0.4 is 9.47 Å². The number of hydrogen-bond acceptors (Lipinski definition) is 5. The molecule has 1 fully saturated rings. The topological polar surface area (TPSA) is 42.0 Å². The van der Waals surface area contributed by atoms with E-state index in [2.05, 4.69) is 4.90 Å². The standard InChI is InChI=1S/C16H24N2O3S/c1-17(2)8-5-9-18-15(19)11-22-16(18)13-7-6-12(20-3)10-14(13)21-4/h6-7,10,16H,5,8-9,11H2,1-4H3/t16-/m0/s1. The van der Waals surface area contributed by atoms with Crippen LogP contribution in [0.2, 0.25) is 0 Å². The Bertz CT molecular complexity index is 522. The summed E-state index contributed by atoms with van der Waals surface area (Å²) >= 11 is 1.66. The van der Waals surface area contributed by atoms with Crippen molar-refractivity contribution in [2.45, 2.75) is 11.8 Å². The van der Waals surface area contributed by atoms with Crippen LogP contribution in [0.4, 0.5) is 0 Å². The minimum atomic E-state index is 0.0236. The van der Waals surface area contributed by atoms with E-state index in [1.165, 1.54) is 0 Å². The smallest absolute Gasteiger partial charge is 0.233 e. The summed E-state index contributed by atoms with van der Waals surface area (Å²) in [5, 5.41) is 0.0236. The third kappa shape index (κ3) is 3.87. The van der Waals surface area contributed by atoms with Gasteiger partial charge in [-0.2, -0.15) is 0 Å². The van der Waals surface area contributed by atoms with Gasteiger partial charge in [0.2, 0.25) is 5.91 Å². The highest BCUT2D eigenvalue weighted by Crippen LogP contribution is 2.43. The van der Waals surface area contributed by atoms with E-state index in [-0.39, 0.29) is 11.3 Å². The van der Waals surface area contributed by atoms with E-state index < -0.39 is 0 Å². The summed E-state index contributed by atoms with van der Waals surface area (Å²) in [5.41, 5.74) is 1.03. The van der Waals surface area contributed by atoms with Gasteiger partial charge in [-0.3, -0.25) is 4.79 Å². The molecule has 0 N–H and O–H groups in total. The molecule has 0 aromatic heterocycles. The highest BCUT2D eigenvalue weighted by atomic mass is 32.2. The van der Waals surface area contributed by atoms with E-state index >= 15 is 0 Å². The van der Waals surface area contributed by atoms with Gasteiger partial charge in [0.15, 0.2) is 0 Å². The van der Waals surface area contributed by atoms with Gasteiger partial charge in [0.1, 0.15) is 16.9 Å². The Hall–Kier alpha value is -1.40. The number of thioether (sulfide) groups is 1. The minimum absolute atomic E-state index is 0.0236. The Kier molecular flexibility index (Phi) is 5.97. The average molecular weight is 324 g/mol. The van der Waals surface area contributed by atoms with Gasteiger partial charge in [-0.1, -0.05) is 0 Å². The van der Waals surface area contributed by atoms with Crippen molar-refractivity contribution < 1.29 is 14.3 Å². The summed E-state index contributed by atoms with van der Waals surface area (Å²) in [6.07, 6.45) is 0.967. The highest BCUT2D eigenvalue weighted by molar-refractivity contribution is 8.00. The first-order valence-corrected chi connectivity index (χ1v) is 8.39. The molecule has 22 heavy (non-hydrogen) atoms. The minimum Gasteiger partial charge on any atom is -0.497 e. The number of amides is 1. The van der Waals surface area contributed by atoms with Crippen molar-refractivity contribution in [2.24, 2.45) is 0 Å². The van der Waals surface area contributed by atoms with Gasteiger partial charge in [-0.15, -0.1) is 11.8 Å². The Balaban J connectivity index is 2.17. The largest absolute Gasteiger partial charge is 0.497 e. The van der Waals surface area contributed by atoms with Gasteiger partial charge in [0.05, 0.1) is 20.0 Å². The van der Waals surface area contributed by atoms with Crippen LogP contribution in [0.3, 0.4) is 0 Å². The number of nitrogens with zero attached hydrogens (tertiary/aromatic N) is 2. The van der Waals surface area contributed by atoms with Crippen molar-refractivity contribution in [2.75, 3.05) is 47.2 Å². The van der Waals surface area contributed by atoms with Crippen LogP contribution in [-0.2, 0) is 4.79 Å². The summed E-state index contributed by atoms with van der Waals surface area (Å²) in [6, 6.07) is 5.78. The van der Waals surface area contributed by atoms with Crippen LogP contribution in [0.25, 0.3) is 0 Å². The molecule has 122 valence electrons. The maximum Gasteiger partial charge on any atom is 0.233 e. The molecular weight excluding hydrogens is 300 g/mol. The fourth-order valence-electron chi connectivity index (χ4n) is 2.53. The molecule has 2 rings (SSSR count). The number of methoxy groups -OCH3 is 2. The molecule has 0 spiro atoms. The predicted octanol–water partition coefficient (Wildman–Crippen LogP) is 2.23. The first-order valence-electron chi connectivity index (χ1n) is 7.34. The number of carbonyl (C=O) groups is 1. The fourth-order valence-corrected chi connectivity index (χ4v) is 3.78. The number of hydrogen-bond donors (Lipinski definition) is 0. The number of rotatable bonds is 7. The summed E-state index contributed by atoms with van der Waals surface area (Å²) in [6.45, 7) is 1.74. The molecule has 0 aliphatic carbocycles. The van der Waals surface area contributed by atoms with Crippen LogP contribution in [0.5, 0.6) is 11.5 Å². The third-order valence-electron chi connectivity index (χ3n) is 3.68. The lowest BCUT2D eigenvalue weighted by molar-refractivity contribution is -0.128. The molecule has 0 radical (unpaired) electrons. The Morgan fingerprint density at radius 1 is 1.32 bits per heavy atom. The Morgan fingerprint density at radius 2 is 2.09 bits per heavy atom. The zero-order chi connectivity index (χ0) is 16.1. The molecule has 5 nitrogen and oxygen atoms in total. The van der Waals surface area contributed by atoms with Gasteiger partial charge in [-0.25, -0.2) is 0 Å². The molecule has 1 amide bonds. The van der Waals surface area contributed by atoms with E-state index in [4.69, 9.17) is 9.47 Å². The lowest BCUT2D eigenvalue weighted by Crippen LogP contribution is -2.31. The molecule has 0 saturated carbocycles. The van der Waals surface area contributed by atoms with E-state index in [9.17, 15) is 4.79 Å². The van der Waals surface area contributed by atoms with E-state index in [1.54, 1.807) is 26.0 Å². The van der Waals surface area contributed by atoms with Crippen LogP contribution in [-0.4, -0.2) is 62.9 Å². The average Bonchev–Trinajstić information content (AvgIpc) is 2.87. The van der Waals surface area contributed by atoms with Crippen molar-refractivity contribution in [3.63, 3.8) is 0 Å². The molecule has 1 aliphatic rings. The molecule has 1 saturated heterocycles. The fraction of sp³-hybridized carbons (Fsp3) is 0.562. The predicted molar refractivity (Wildman–Crippen MR) is 89.6 cm³/mol. The van der Waals surface area contributed by atoms with Crippen molar-refractivity contribution in [3.8, 4) is 11.5 Å². The summed E-state index contributed by atoms with van der Waals surface area (Å²) in [5.74, 6) is 2.26. The zero-order valence-corrected chi connectivity index (χ0v) is 14.5. The van der Waals surface area contributed by atoms with E-state index in [1.807, 2.05) is 37.2 Å². The van der Waals surface area contributed by atoms with Gasteiger partial charge in [-0.05, 0) is 39.2 Å². The summed E-state index contributed by atoms with van der Waals surface area (Å²) < 4.78 is 10.7. The molecule has 0 bridgehead atoms. The Labute approximate surface area is 136 Å². The lowest BCUT2D eigenvalue weighted by Gasteiger charge is -2.26. The molecule has 1 atom stereocenters. The molecule has 1 aromatic carbocycles. The molecular formula is C16H24N2O3S. The Morgan fingerprint density at radius 3 is 2.73 bits per heavy atom. The second kappa shape index (κ2) is 7.74. The van der Waals surface area contributed by atoms with Gasteiger partial charge in [0.25, 0.3) is 0 Å². The molecule has 1 aliphatic heterocycles. The molecule has 0 unspecified atom stereocenters. The summed E-state index contributed by atoms with van der Waals surface area (Å²) in [4.78, 5) is 16.3. The summed E-state index contributed by atoms with van der Waals surface area (Å²) in [7, 11) is 7.38. The highest BCUT2D eigenvalue weighted by Gasteiger charge is 2.34. The molecule has 1 heterocycles. The van der Waals surface area contributed by atoms with Gasteiger partial charge >= 0.3 is 0 Å². The second-order valence-corrected chi connectivity index (χ2v) is 6.58. The molecule has 1 aromatic rings. The van der Waals surface area contributed by atoms with Gasteiger partial charge < -0.3 is 19.3 Å². The first-order chi connectivity index (χ1) is 10.6. The maximum atomic E-state index is 12.2. The van der Waals surface area contributed by atoms with Crippen LogP contribution >= 0.6 is 11.8 Å². The number of benzene rings is 1. The van der Waals surface area contributed by atoms with Crippen molar-refractivity contribution in [3.05, 3.63) is 23.8 Å². The first kappa shape index (κ1) is 17.0. The SMILES string of the molecule is COc1ccc([C@@H]2SCC(=O)N2CCCN(C)C)c(OC)c1. The van der Waals surface area contributed by atoms with Crippen molar-refractivity contribution in [1.29, 1.82) is 0 Å². The second-order valence-electron chi connectivity index (χ2n) is 5.52. The van der Waals surface area contributed by atoms with E-state index in [0.29, 0.717) is 5.75 Å². The van der Waals surface area contributed by atoms with Crippen LogP contribution in [0.1, 0.15) is 17.4 Å². The molecule has 6 heteroatoms. The number of carbonyl (C=O) groups excluding carboxylic acids is 1. The zero-order valence-electron chi connectivity index (χ0n) is 13.7.